The van der Waals surface area contributed by atoms with E-state index in [4.69, 9.17) is 28.4 Å². The molecule has 1 aliphatic carbocycles. The van der Waals surface area contributed by atoms with Crippen molar-refractivity contribution in [3.05, 3.63) is 129 Å². The molecule has 1 atom stereocenters. The van der Waals surface area contributed by atoms with Crippen molar-refractivity contribution < 1.29 is 48.2 Å². The van der Waals surface area contributed by atoms with E-state index in [1.54, 1.807) is 51.7 Å². The van der Waals surface area contributed by atoms with Crippen LogP contribution in [0.5, 0.6) is 46.0 Å². The lowest BCUT2D eigenvalue weighted by atomic mass is 9.77. The Hall–Kier alpha value is -6.69. The van der Waals surface area contributed by atoms with Crippen LogP contribution >= 0.6 is 0 Å². The van der Waals surface area contributed by atoms with Gasteiger partial charge in [0.1, 0.15) is 23.0 Å². The van der Waals surface area contributed by atoms with Gasteiger partial charge in [-0.25, -0.2) is 4.79 Å². The van der Waals surface area contributed by atoms with Gasteiger partial charge in [0.15, 0.2) is 22.8 Å². The Kier molecular flexibility index (Phi) is 9.28. The number of rotatable bonds is 5. The third-order valence-corrected chi connectivity index (χ3v) is 9.78. The molecule has 2 heterocycles. The van der Waals surface area contributed by atoms with Crippen LogP contribution in [-0.4, -0.2) is 50.5 Å². The zero-order chi connectivity index (χ0) is 38.3. The molecule has 0 bridgehead atoms. The van der Waals surface area contributed by atoms with Crippen molar-refractivity contribution in [1.82, 2.24) is 5.32 Å². The van der Waals surface area contributed by atoms with Gasteiger partial charge in [0.2, 0.25) is 17.1 Å². The number of ether oxygens (including phenoxy) is 6. The van der Waals surface area contributed by atoms with Gasteiger partial charge in [-0.1, -0.05) is 24.3 Å². The summed E-state index contributed by atoms with van der Waals surface area (Å²) in [4.78, 5) is 37.0. The summed E-state index contributed by atoms with van der Waals surface area (Å²) >= 11 is 0. The number of aryl methyl sites for hydroxylation is 1. The molecule has 12 nitrogen and oxygen atoms in total. The number of carbonyl (C=O) groups excluding carboxylic acids is 2. The van der Waals surface area contributed by atoms with E-state index >= 15 is 0 Å². The number of phenols is 2. The van der Waals surface area contributed by atoms with Crippen LogP contribution in [0.1, 0.15) is 57.6 Å². The Morgan fingerprint density at radius 3 is 2.00 bits per heavy atom. The molecule has 1 spiro atoms. The van der Waals surface area contributed by atoms with E-state index in [9.17, 15) is 24.6 Å². The lowest BCUT2D eigenvalue weighted by Crippen LogP contribution is -2.32. The van der Waals surface area contributed by atoms with Crippen LogP contribution in [-0.2, 0) is 21.6 Å². The van der Waals surface area contributed by atoms with E-state index < -0.39 is 11.6 Å². The highest BCUT2D eigenvalue weighted by Gasteiger charge is 2.53. The van der Waals surface area contributed by atoms with Crippen LogP contribution in [0, 0.1) is 0 Å². The Labute approximate surface area is 310 Å². The maximum absolute atomic E-state index is 12.6. The standard InChI is InChI=1S/C22H25NO6.C20H12O5/c1-12(24)23-16-8-6-13-10-19(27-3)21(28-4)22(29-5)20(13)14-7-9-18(26-2)17(25)11-15(14)16;21-11-5-7-15-17(9-11)24-18-10-12(22)6-8-16(18)20(15)14-4-2-1-3-13(14)19(23)25-20/h7,9-11,16H,6,8H2,1-5H3,(H,23,24);1-10,21-22H/t16-;/m0./s1. The molecule has 0 aromatic heterocycles. The normalized spacial score (nSPS) is 15.2. The Morgan fingerprint density at radius 1 is 0.741 bits per heavy atom. The summed E-state index contributed by atoms with van der Waals surface area (Å²) in [5.74, 6) is 2.01. The predicted molar refractivity (Wildman–Crippen MR) is 197 cm³/mol. The lowest BCUT2D eigenvalue weighted by Gasteiger charge is -2.36. The summed E-state index contributed by atoms with van der Waals surface area (Å²) in [7, 11) is 6.14. The molecule has 5 aromatic carbocycles. The Morgan fingerprint density at radius 2 is 1.39 bits per heavy atom. The first-order valence-corrected chi connectivity index (χ1v) is 17.0. The number of fused-ring (bicyclic) bond motifs is 9. The first kappa shape index (κ1) is 35.7. The topological polar surface area (TPSA) is 159 Å². The molecule has 1 amide bonds. The van der Waals surface area contributed by atoms with E-state index in [1.165, 1.54) is 44.4 Å². The first-order chi connectivity index (χ1) is 26.0. The van der Waals surface area contributed by atoms with Crippen molar-refractivity contribution in [2.24, 2.45) is 0 Å². The fraction of sp³-hybridized carbons (Fsp3) is 0.214. The average molecular weight is 732 g/mol. The number of nitrogens with one attached hydrogen (secondary N) is 1. The molecular formula is C42H37NO11. The van der Waals surface area contributed by atoms with Crippen molar-refractivity contribution in [2.45, 2.75) is 31.4 Å². The number of phenolic OH excluding ortho intramolecular Hbond substituents is 2. The average Bonchev–Trinajstić information content (AvgIpc) is 3.24. The molecule has 276 valence electrons. The van der Waals surface area contributed by atoms with Gasteiger partial charge in [-0.3, -0.25) is 9.59 Å². The van der Waals surface area contributed by atoms with Crippen molar-refractivity contribution >= 4 is 11.9 Å². The van der Waals surface area contributed by atoms with E-state index in [-0.39, 0.29) is 34.6 Å². The number of hydrogen-bond donors (Lipinski definition) is 3. The Balaban J connectivity index is 0.000000168. The summed E-state index contributed by atoms with van der Waals surface area (Å²) in [6.45, 7) is 1.46. The summed E-state index contributed by atoms with van der Waals surface area (Å²) in [6.07, 6.45) is 1.27. The van der Waals surface area contributed by atoms with Gasteiger partial charge in [-0.2, -0.15) is 0 Å². The van der Waals surface area contributed by atoms with Crippen LogP contribution < -0.4 is 34.4 Å². The van der Waals surface area contributed by atoms with Crippen LogP contribution in [0.15, 0.2) is 89.7 Å². The number of benzene rings is 4. The minimum atomic E-state index is -1.17. The van der Waals surface area contributed by atoms with Crippen molar-refractivity contribution in [1.29, 1.82) is 0 Å². The van der Waals surface area contributed by atoms with Gasteiger partial charge in [0, 0.05) is 41.3 Å². The fourth-order valence-electron chi connectivity index (χ4n) is 7.52. The summed E-state index contributed by atoms with van der Waals surface area (Å²) in [6, 6.07) is 23.2. The van der Waals surface area contributed by atoms with Gasteiger partial charge >= 0.3 is 5.97 Å². The molecule has 3 aliphatic rings. The molecule has 3 N–H and O–H groups in total. The second kappa shape index (κ2) is 14.0. The SMILES string of the molecule is COc1cc2c(c(OC)c1OC)-c1ccc(OC)c(=O)cc1[C@@H](NC(C)=O)CC2.O=C1OC2(c3ccc(O)cc3Oc3cc(O)ccc32)c2ccccc21. The fourth-order valence-corrected chi connectivity index (χ4v) is 7.52. The third-order valence-electron chi connectivity index (χ3n) is 9.78. The van der Waals surface area contributed by atoms with Crippen molar-refractivity contribution in [3.63, 3.8) is 0 Å². The van der Waals surface area contributed by atoms with E-state index in [0.717, 1.165) is 16.7 Å². The molecular weight excluding hydrogens is 694 g/mol. The molecule has 0 fully saturated rings. The van der Waals surface area contributed by atoms with Crippen LogP contribution in [0.2, 0.25) is 0 Å². The molecule has 0 radical (unpaired) electrons. The first-order valence-electron chi connectivity index (χ1n) is 17.0. The molecule has 54 heavy (non-hydrogen) atoms. The van der Waals surface area contributed by atoms with E-state index in [1.807, 2.05) is 24.3 Å². The quantitative estimate of drug-likeness (QED) is 0.169. The van der Waals surface area contributed by atoms with Crippen molar-refractivity contribution in [3.8, 4) is 57.1 Å². The number of amides is 1. The molecule has 5 aromatic rings. The zero-order valence-electron chi connectivity index (χ0n) is 30.1. The maximum atomic E-state index is 12.6. The second-order valence-corrected chi connectivity index (χ2v) is 12.8. The highest BCUT2D eigenvalue weighted by atomic mass is 16.6. The second-order valence-electron chi connectivity index (χ2n) is 12.8. The van der Waals surface area contributed by atoms with Gasteiger partial charge < -0.3 is 44.0 Å². The smallest absolute Gasteiger partial charge is 0.340 e. The summed E-state index contributed by atoms with van der Waals surface area (Å²) in [5, 5.41) is 22.6. The molecule has 2 aliphatic heterocycles. The monoisotopic (exact) mass is 731 g/mol. The highest BCUT2D eigenvalue weighted by molar-refractivity contribution is 5.97. The third kappa shape index (κ3) is 5.85. The van der Waals surface area contributed by atoms with Gasteiger partial charge in [-0.05, 0) is 78.1 Å². The largest absolute Gasteiger partial charge is 0.508 e. The van der Waals surface area contributed by atoms with E-state index in [2.05, 4.69) is 5.32 Å². The Bertz CT molecular complexity index is 2340. The number of carbonyl (C=O) groups is 2. The predicted octanol–water partition coefficient (Wildman–Crippen LogP) is 6.54. The molecule has 8 rings (SSSR count). The number of methoxy groups -OCH3 is 4. The van der Waals surface area contributed by atoms with Crippen LogP contribution in [0.25, 0.3) is 11.1 Å². The number of aromatic hydroxyl groups is 2. The molecule has 0 saturated heterocycles. The summed E-state index contributed by atoms with van der Waals surface area (Å²) in [5.41, 5.74) is 4.29. The molecule has 0 unspecified atom stereocenters. The minimum Gasteiger partial charge on any atom is -0.508 e. The zero-order valence-corrected chi connectivity index (χ0v) is 30.1. The van der Waals surface area contributed by atoms with Gasteiger partial charge in [-0.15, -0.1) is 0 Å². The van der Waals surface area contributed by atoms with Crippen LogP contribution in [0.3, 0.4) is 0 Å². The maximum Gasteiger partial charge on any atom is 0.340 e. The van der Waals surface area contributed by atoms with Gasteiger partial charge in [0.25, 0.3) is 0 Å². The van der Waals surface area contributed by atoms with E-state index in [0.29, 0.717) is 69.4 Å². The van der Waals surface area contributed by atoms with Crippen LogP contribution in [0.4, 0.5) is 0 Å². The van der Waals surface area contributed by atoms with Gasteiger partial charge in [0.05, 0.1) is 40.0 Å². The van der Waals surface area contributed by atoms with Crippen molar-refractivity contribution in [2.75, 3.05) is 28.4 Å². The summed E-state index contributed by atoms with van der Waals surface area (Å²) < 4.78 is 33.8. The molecule has 0 saturated carbocycles. The number of hydrogen-bond acceptors (Lipinski definition) is 11. The minimum absolute atomic E-state index is 0.0371. The number of esters is 1. The lowest BCUT2D eigenvalue weighted by molar-refractivity contribution is -0.119. The highest BCUT2D eigenvalue weighted by Crippen LogP contribution is 2.57. The molecule has 12 heteroatoms.